The molecule has 7 heteroatoms. The van der Waals surface area contributed by atoms with Crippen molar-refractivity contribution >= 4 is 23.3 Å². The lowest BCUT2D eigenvalue weighted by Crippen LogP contribution is -2.20. The second-order valence-corrected chi connectivity index (χ2v) is 6.30. The summed E-state index contributed by atoms with van der Waals surface area (Å²) in [7, 11) is 1.26. The maximum absolute atomic E-state index is 12.2. The number of aromatic nitrogens is 1. The third kappa shape index (κ3) is 3.26. The lowest BCUT2D eigenvalue weighted by atomic mass is 10.1. The van der Waals surface area contributed by atoms with Crippen LogP contribution in [0.4, 0.5) is 11.4 Å². The Bertz CT molecular complexity index is 871. The molecule has 1 aromatic carbocycles. The average Bonchev–Trinajstić information content (AvgIpc) is 3.30. The summed E-state index contributed by atoms with van der Waals surface area (Å²) in [5, 5.41) is 12.1. The van der Waals surface area contributed by atoms with Gasteiger partial charge >= 0.3 is 5.97 Å². The molecule has 0 radical (unpaired) electrons. The molecular weight excluding hydrogens is 332 g/mol. The molecule has 1 aliphatic rings. The zero-order chi connectivity index (χ0) is 18.7. The van der Waals surface area contributed by atoms with E-state index < -0.39 is 5.97 Å². The number of ether oxygens (including phenoxy) is 1. The number of methoxy groups -OCH3 is 1. The number of hydrogen-bond donors (Lipinski definition) is 2. The molecule has 134 valence electrons. The van der Waals surface area contributed by atoms with Crippen LogP contribution in [-0.4, -0.2) is 23.6 Å². The molecule has 0 saturated heterocycles. The molecule has 1 fully saturated rings. The maximum atomic E-state index is 12.2. The molecule has 1 amide bonds. The second kappa shape index (κ2) is 7.31. The molecule has 7 nitrogen and oxygen atoms in total. The van der Waals surface area contributed by atoms with E-state index in [-0.39, 0.29) is 28.8 Å². The highest BCUT2D eigenvalue weighted by Crippen LogP contribution is 2.27. The van der Waals surface area contributed by atoms with Gasteiger partial charge in [-0.1, -0.05) is 12.8 Å². The molecule has 0 aliphatic heterocycles. The number of hydrogen-bond acceptors (Lipinski definition) is 5. The molecule has 1 saturated carbocycles. The van der Waals surface area contributed by atoms with Gasteiger partial charge < -0.3 is 20.4 Å². The van der Waals surface area contributed by atoms with Gasteiger partial charge in [-0.15, -0.1) is 0 Å². The minimum absolute atomic E-state index is 0.0440. The predicted molar refractivity (Wildman–Crippen MR) is 96.8 cm³/mol. The van der Waals surface area contributed by atoms with Crippen molar-refractivity contribution in [3.05, 3.63) is 41.7 Å². The third-order valence-electron chi connectivity index (χ3n) is 4.68. The van der Waals surface area contributed by atoms with E-state index in [1.807, 2.05) is 6.07 Å². The van der Waals surface area contributed by atoms with Crippen LogP contribution in [0.5, 0.6) is 0 Å². The number of amides is 1. The Morgan fingerprint density at radius 3 is 2.50 bits per heavy atom. The summed E-state index contributed by atoms with van der Waals surface area (Å²) in [6.07, 6.45) is 5.57. The largest absolute Gasteiger partial charge is 0.464 e. The minimum Gasteiger partial charge on any atom is -0.464 e. The minimum atomic E-state index is -0.623. The van der Waals surface area contributed by atoms with E-state index in [2.05, 4.69) is 5.32 Å². The van der Waals surface area contributed by atoms with E-state index in [4.69, 9.17) is 15.7 Å². The van der Waals surface area contributed by atoms with E-state index in [1.54, 1.807) is 24.3 Å². The Morgan fingerprint density at radius 2 is 1.92 bits per heavy atom. The Balaban J connectivity index is 1.86. The number of carbonyl (C=O) groups is 2. The normalized spacial score (nSPS) is 14.0. The van der Waals surface area contributed by atoms with E-state index in [1.165, 1.54) is 17.9 Å². The Hall–Kier alpha value is -3.27. The number of nitriles is 1. The van der Waals surface area contributed by atoms with Crippen LogP contribution in [0, 0.1) is 17.2 Å². The van der Waals surface area contributed by atoms with E-state index in [0.29, 0.717) is 11.4 Å². The number of benzene rings is 1. The van der Waals surface area contributed by atoms with Crippen molar-refractivity contribution in [2.45, 2.75) is 25.7 Å². The third-order valence-corrected chi connectivity index (χ3v) is 4.68. The zero-order valence-electron chi connectivity index (χ0n) is 14.5. The first-order chi connectivity index (χ1) is 12.5. The fourth-order valence-corrected chi connectivity index (χ4v) is 3.26. The van der Waals surface area contributed by atoms with E-state index in [0.717, 1.165) is 25.7 Å². The molecule has 26 heavy (non-hydrogen) atoms. The van der Waals surface area contributed by atoms with Gasteiger partial charge in [0.1, 0.15) is 6.07 Å². The van der Waals surface area contributed by atoms with Crippen molar-refractivity contribution in [3.8, 4) is 11.8 Å². The molecule has 1 aliphatic carbocycles. The first kappa shape index (κ1) is 17.5. The number of nitrogen functional groups attached to an aromatic ring is 1. The first-order valence-electron chi connectivity index (χ1n) is 8.45. The van der Waals surface area contributed by atoms with E-state index in [9.17, 15) is 9.59 Å². The predicted octanol–water partition coefficient (Wildman–Crippen LogP) is 2.85. The molecule has 0 spiro atoms. The van der Waals surface area contributed by atoms with Crippen molar-refractivity contribution < 1.29 is 14.3 Å². The molecular formula is C19H20N4O3. The summed E-state index contributed by atoms with van der Waals surface area (Å²) in [4.78, 5) is 24.2. The molecule has 1 aromatic heterocycles. The van der Waals surface area contributed by atoms with Crippen LogP contribution in [0.1, 0.15) is 41.7 Å². The van der Waals surface area contributed by atoms with Gasteiger partial charge in [0.05, 0.1) is 18.4 Å². The molecule has 3 N–H and O–H groups in total. The van der Waals surface area contributed by atoms with Gasteiger partial charge in [0, 0.05) is 23.5 Å². The SMILES string of the molecule is COC(=O)c1c(N)c(C#N)cn1-c1ccc(NC(=O)C2CCCC2)cc1. The average molecular weight is 352 g/mol. The summed E-state index contributed by atoms with van der Waals surface area (Å²) in [6.45, 7) is 0. The van der Waals surface area contributed by atoms with Gasteiger partial charge in [-0.05, 0) is 37.1 Å². The van der Waals surface area contributed by atoms with Gasteiger partial charge in [0.15, 0.2) is 5.69 Å². The summed E-state index contributed by atoms with van der Waals surface area (Å²) < 4.78 is 6.28. The van der Waals surface area contributed by atoms with Gasteiger partial charge in [0.25, 0.3) is 0 Å². The van der Waals surface area contributed by atoms with Crippen molar-refractivity contribution in [1.29, 1.82) is 5.26 Å². The highest BCUT2D eigenvalue weighted by atomic mass is 16.5. The summed E-state index contributed by atoms with van der Waals surface area (Å²) in [5.74, 6) is -0.492. The van der Waals surface area contributed by atoms with Crippen LogP contribution in [0.3, 0.4) is 0 Å². The molecule has 1 heterocycles. The van der Waals surface area contributed by atoms with Crippen molar-refractivity contribution in [2.75, 3.05) is 18.2 Å². The summed E-state index contributed by atoms with van der Waals surface area (Å²) in [5.41, 5.74) is 7.60. The van der Waals surface area contributed by atoms with Gasteiger partial charge in [-0.2, -0.15) is 5.26 Å². The quantitative estimate of drug-likeness (QED) is 0.822. The summed E-state index contributed by atoms with van der Waals surface area (Å²) >= 11 is 0. The van der Waals surface area contributed by atoms with Crippen molar-refractivity contribution in [2.24, 2.45) is 5.92 Å². The maximum Gasteiger partial charge on any atom is 0.357 e. The Morgan fingerprint density at radius 1 is 1.27 bits per heavy atom. The second-order valence-electron chi connectivity index (χ2n) is 6.30. The molecule has 0 bridgehead atoms. The summed E-state index contributed by atoms with van der Waals surface area (Å²) in [6, 6.07) is 8.97. The molecule has 0 unspecified atom stereocenters. The molecule has 0 atom stereocenters. The van der Waals surface area contributed by atoms with Gasteiger partial charge in [-0.3, -0.25) is 4.79 Å². The lowest BCUT2D eigenvalue weighted by molar-refractivity contribution is -0.119. The van der Waals surface area contributed by atoms with E-state index >= 15 is 0 Å². The highest BCUT2D eigenvalue weighted by Gasteiger charge is 2.23. The number of nitrogens with two attached hydrogens (primary N) is 1. The van der Waals surface area contributed by atoms with Gasteiger partial charge in [0.2, 0.25) is 5.91 Å². The fourth-order valence-electron chi connectivity index (χ4n) is 3.26. The van der Waals surface area contributed by atoms with Crippen LogP contribution in [0.25, 0.3) is 5.69 Å². The molecule has 3 rings (SSSR count). The topological polar surface area (TPSA) is 110 Å². The van der Waals surface area contributed by atoms with Gasteiger partial charge in [-0.25, -0.2) is 4.79 Å². The number of carbonyl (C=O) groups excluding carboxylic acids is 2. The fraction of sp³-hybridized carbons (Fsp3) is 0.316. The smallest absolute Gasteiger partial charge is 0.357 e. The number of rotatable bonds is 4. The van der Waals surface area contributed by atoms with Crippen LogP contribution in [0.15, 0.2) is 30.5 Å². The van der Waals surface area contributed by atoms with Crippen molar-refractivity contribution in [1.82, 2.24) is 4.57 Å². The van der Waals surface area contributed by atoms with Crippen molar-refractivity contribution in [3.63, 3.8) is 0 Å². The van der Waals surface area contributed by atoms with Crippen LogP contribution >= 0.6 is 0 Å². The first-order valence-corrected chi connectivity index (χ1v) is 8.45. The Labute approximate surface area is 151 Å². The highest BCUT2D eigenvalue weighted by molar-refractivity contribution is 5.96. The van der Waals surface area contributed by atoms with Crippen LogP contribution in [-0.2, 0) is 9.53 Å². The van der Waals surface area contributed by atoms with Crippen LogP contribution in [0.2, 0.25) is 0 Å². The molecule has 2 aromatic rings. The van der Waals surface area contributed by atoms with Crippen LogP contribution < -0.4 is 11.1 Å². The monoisotopic (exact) mass is 352 g/mol. The Kier molecular flexibility index (Phi) is 4.94. The number of esters is 1. The standard InChI is InChI=1S/C19H20N4O3/c1-26-19(25)17-16(21)13(10-20)11-23(17)15-8-6-14(7-9-15)22-18(24)12-4-2-3-5-12/h6-9,11-12H,2-5,21H2,1H3,(H,22,24). The lowest BCUT2D eigenvalue weighted by Gasteiger charge is -2.12. The number of nitrogens with one attached hydrogen (secondary N) is 1. The number of anilines is 2. The number of nitrogens with zero attached hydrogens (tertiary/aromatic N) is 2. The zero-order valence-corrected chi connectivity index (χ0v) is 14.5.